The molecule has 1 aromatic carbocycles. The molecule has 0 unspecified atom stereocenters. The van der Waals surface area contributed by atoms with E-state index in [1.54, 1.807) is 12.1 Å². The number of carbonyl (C=O) groups excluding carboxylic acids is 1. The molecule has 2 nitrogen and oxygen atoms in total. The maximum atomic E-state index is 10.7. The van der Waals surface area contributed by atoms with Crippen LogP contribution in [0.5, 0.6) is 5.75 Å². The summed E-state index contributed by atoms with van der Waals surface area (Å²) >= 11 is 6.05. The smallest absolute Gasteiger partial charge is 0.151 e. The standard InChI is InChI=1S/C14H17ClO2/c15-14-12(10-16)6-3-7-13(14)17-9-8-11-4-1-2-5-11/h3,6-7,10-11H,1-2,4-5,8-9H2. The van der Waals surface area contributed by atoms with Crippen LogP contribution in [-0.2, 0) is 0 Å². The van der Waals surface area contributed by atoms with Crippen molar-refractivity contribution in [3.8, 4) is 5.75 Å². The lowest BCUT2D eigenvalue weighted by molar-refractivity contribution is 0.112. The molecule has 0 N–H and O–H groups in total. The summed E-state index contributed by atoms with van der Waals surface area (Å²) in [7, 11) is 0. The first-order valence-corrected chi connectivity index (χ1v) is 6.55. The van der Waals surface area contributed by atoms with Crippen molar-refractivity contribution in [3.63, 3.8) is 0 Å². The minimum atomic E-state index is 0.425. The Balaban J connectivity index is 1.87. The molecular weight excluding hydrogens is 236 g/mol. The molecule has 1 saturated carbocycles. The van der Waals surface area contributed by atoms with Gasteiger partial charge < -0.3 is 4.74 Å². The summed E-state index contributed by atoms with van der Waals surface area (Å²) in [5.74, 6) is 1.43. The van der Waals surface area contributed by atoms with Crippen LogP contribution in [0.2, 0.25) is 5.02 Å². The van der Waals surface area contributed by atoms with E-state index in [9.17, 15) is 4.79 Å². The zero-order valence-corrected chi connectivity index (χ0v) is 10.6. The van der Waals surface area contributed by atoms with Crippen molar-refractivity contribution in [2.75, 3.05) is 6.61 Å². The number of aldehydes is 1. The van der Waals surface area contributed by atoms with Gasteiger partial charge in [-0.2, -0.15) is 0 Å². The van der Waals surface area contributed by atoms with Crippen LogP contribution in [0.1, 0.15) is 42.5 Å². The number of hydrogen-bond acceptors (Lipinski definition) is 2. The SMILES string of the molecule is O=Cc1cccc(OCCC2CCCC2)c1Cl. The van der Waals surface area contributed by atoms with E-state index in [1.807, 2.05) is 6.07 Å². The van der Waals surface area contributed by atoms with Crippen LogP contribution in [0.25, 0.3) is 0 Å². The lowest BCUT2D eigenvalue weighted by Gasteiger charge is -2.12. The minimum absolute atomic E-state index is 0.425. The molecule has 1 aliphatic carbocycles. The van der Waals surface area contributed by atoms with Gasteiger partial charge in [-0.1, -0.05) is 43.4 Å². The van der Waals surface area contributed by atoms with E-state index >= 15 is 0 Å². The third kappa shape index (κ3) is 3.22. The molecule has 3 heteroatoms. The minimum Gasteiger partial charge on any atom is -0.492 e. The highest BCUT2D eigenvalue weighted by Gasteiger charge is 2.15. The molecule has 0 radical (unpaired) electrons. The Kier molecular flexibility index (Phi) is 4.43. The van der Waals surface area contributed by atoms with Gasteiger partial charge >= 0.3 is 0 Å². The van der Waals surface area contributed by atoms with E-state index in [2.05, 4.69) is 0 Å². The zero-order valence-electron chi connectivity index (χ0n) is 9.82. The fourth-order valence-corrected chi connectivity index (χ4v) is 2.59. The van der Waals surface area contributed by atoms with Gasteiger partial charge in [0.2, 0.25) is 0 Å². The Morgan fingerprint density at radius 2 is 2.12 bits per heavy atom. The number of rotatable bonds is 5. The van der Waals surface area contributed by atoms with E-state index < -0.39 is 0 Å². The van der Waals surface area contributed by atoms with Crippen molar-refractivity contribution in [2.24, 2.45) is 5.92 Å². The molecule has 2 rings (SSSR count). The van der Waals surface area contributed by atoms with Gasteiger partial charge in [-0.05, 0) is 24.5 Å². The first-order chi connectivity index (χ1) is 8.31. The van der Waals surface area contributed by atoms with Crippen molar-refractivity contribution < 1.29 is 9.53 Å². The summed E-state index contributed by atoms with van der Waals surface area (Å²) in [5, 5.41) is 0.425. The van der Waals surface area contributed by atoms with Crippen molar-refractivity contribution >= 4 is 17.9 Å². The Bertz CT molecular complexity index is 384. The van der Waals surface area contributed by atoms with Gasteiger partial charge in [0.1, 0.15) is 5.75 Å². The van der Waals surface area contributed by atoms with E-state index in [0.717, 1.165) is 18.6 Å². The van der Waals surface area contributed by atoms with Crippen LogP contribution < -0.4 is 4.74 Å². The van der Waals surface area contributed by atoms with Crippen LogP contribution in [-0.4, -0.2) is 12.9 Å². The molecule has 92 valence electrons. The molecule has 1 aliphatic rings. The highest BCUT2D eigenvalue weighted by molar-refractivity contribution is 6.34. The predicted molar refractivity (Wildman–Crippen MR) is 68.9 cm³/mol. The third-order valence-electron chi connectivity index (χ3n) is 3.38. The lowest BCUT2D eigenvalue weighted by atomic mass is 10.1. The number of hydrogen-bond donors (Lipinski definition) is 0. The molecule has 0 atom stereocenters. The van der Waals surface area contributed by atoms with Gasteiger partial charge in [-0.25, -0.2) is 0 Å². The summed E-state index contributed by atoms with van der Waals surface area (Å²) in [6.07, 6.45) is 7.20. The second-order valence-electron chi connectivity index (χ2n) is 4.56. The first-order valence-electron chi connectivity index (χ1n) is 6.17. The molecule has 0 heterocycles. The van der Waals surface area contributed by atoms with Gasteiger partial charge in [0.05, 0.1) is 11.6 Å². The molecule has 0 amide bonds. The summed E-state index contributed by atoms with van der Waals surface area (Å²) in [4.78, 5) is 10.7. The highest BCUT2D eigenvalue weighted by Crippen LogP contribution is 2.30. The Morgan fingerprint density at radius 3 is 2.82 bits per heavy atom. The molecule has 17 heavy (non-hydrogen) atoms. The molecule has 0 spiro atoms. The molecule has 0 saturated heterocycles. The van der Waals surface area contributed by atoms with E-state index in [4.69, 9.17) is 16.3 Å². The maximum absolute atomic E-state index is 10.7. The van der Waals surface area contributed by atoms with Crippen LogP contribution in [0.15, 0.2) is 18.2 Å². The number of carbonyl (C=O) groups is 1. The van der Waals surface area contributed by atoms with E-state index in [1.165, 1.54) is 25.7 Å². The van der Waals surface area contributed by atoms with E-state index in [-0.39, 0.29) is 0 Å². The highest BCUT2D eigenvalue weighted by atomic mass is 35.5. The maximum Gasteiger partial charge on any atom is 0.151 e. The second kappa shape index (κ2) is 6.06. The fraction of sp³-hybridized carbons (Fsp3) is 0.500. The van der Waals surface area contributed by atoms with Gasteiger partial charge in [-0.15, -0.1) is 0 Å². The Labute approximate surface area is 107 Å². The zero-order chi connectivity index (χ0) is 12.1. The van der Waals surface area contributed by atoms with Gasteiger partial charge in [0, 0.05) is 5.56 Å². The van der Waals surface area contributed by atoms with Crippen molar-refractivity contribution in [2.45, 2.75) is 32.1 Å². The molecule has 0 aromatic heterocycles. The van der Waals surface area contributed by atoms with Crippen LogP contribution >= 0.6 is 11.6 Å². The number of benzene rings is 1. The normalized spacial score (nSPS) is 16.1. The van der Waals surface area contributed by atoms with Crippen LogP contribution in [0.3, 0.4) is 0 Å². The van der Waals surface area contributed by atoms with Gasteiger partial charge in [0.15, 0.2) is 6.29 Å². The summed E-state index contributed by atoms with van der Waals surface area (Å²) in [6, 6.07) is 5.30. The molecular formula is C14H17ClO2. The average Bonchev–Trinajstić information content (AvgIpc) is 2.84. The predicted octanol–water partition coefficient (Wildman–Crippen LogP) is 4.11. The topological polar surface area (TPSA) is 26.3 Å². The van der Waals surface area contributed by atoms with Crippen LogP contribution in [0, 0.1) is 5.92 Å². The Hall–Kier alpha value is -1.02. The average molecular weight is 253 g/mol. The van der Waals surface area contributed by atoms with Crippen molar-refractivity contribution in [1.29, 1.82) is 0 Å². The van der Waals surface area contributed by atoms with Crippen molar-refractivity contribution in [3.05, 3.63) is 28.8 Å². The first kappa shape index (κ1) is 12.4. The number of ether oxygens (including phenoxy) is 1. The Morgan fingerprint density at radius 1 is 1.35 bits per heavy atom. The van der Waals surface area contributed by atoms with Crippen molar-refractivity contribution in [1.82, 2.24) is 0 Å². The third-order valence-corrected chi connectivity index (χ3v) is 3.78. The van der Waals surface area contributed by atoms with E-state index in [0.29, 0.717) is 22.9 Å². The van der Waals surface area contributed by atoms with Gasteiger partial charge in [-0.3, -0.25) is 4.79 Å². The quantitative estimate of drug-likeness (QED) is 0.737. The lowest BCUT2D eigenvalue weighted by Crippen LogP contribution is -2.04. The largest absolute Gasteiger partial charge is 0.492 e. The molecule has 0 aliphatic heterocycles. The van der Waals surface area contributed by atoms with Crippen LogP contribution in [0.4, 0.5) is 0 Å². The number of halogens is 1. The summed E-state index contributed by atoms with van der Waals surface area (Å²) in [5.41, 5.74) is 0.491. The van der Waals surface area contributed by atoms with Gasteiger partial charge in [0.25, 0.3) is 0 Å². The second-order valence-corrected chi connectivity index (χ2v) is 4.94. The monoisotopic (exact) mass is 252 g/mol. The molecule has 0 bridgehead atoms. The summed E-state index contributed by atoms with van der Waals surface area (Å²) < 4.78 is 5.65. The summed E-state index contributed by atoms with van der Waals surface area (Å²) in [6.45, 7) is 0.687. The molecule has 1 fully saturated rings. The molecule has 1 aromatic rings. The fourth-order valence-electron chi connectivity index (χ4n) is 2.36.